The summed E-state index contributed by atoms with van der Waals surface area (Å²) in [7, 11) is 0. The van der Waals surface area contributed by atoms with E-state index < -0.39 is 6.10 Å². The molecule has 192 valence electrons. The van der Waals surface area contributed by atoms with Gasteiger partial charge >= 0.3 is 5.97 Å². The minimum atomic E-state index is -0.526. The van der Waals surface area contributed by atoms with Gasteiger partial charge in [-0.1, -0.05) is 56.9 Å². The summed E-state index contributed by atoms with van der Waals surface area (Å²) < 4.78 is 5.55. The lowest BCUT2D eigenvalue weighted by atomic mass is 9.89. The number of hydrogen-bond acceptors (Lipinski definition) is 4. The maximum atomic E-state index is 12.1. The summed E-state index contributed by atoms with van der Waals surface area (Å²) in [5.74, 6) is 7.02. The van der Waals surface area contributed by atoms with E-state index in [9.17, 15) is 15.0 Å². The maximum absolute atomic E-state index is 12.1. The van der Waals surface area contributed by atoms with Crippen LogP contribution in [0.25, 0.3) is 0 Å². The topological polar surface area (TPSA) is 66.8 Å². The first kappa shape index (κ1) is 28.7. The highest BCUT2D eigenvalue weighted by atomic mass is 16.5. The highest BCUT2D eigenvalue weighted by molar-refractivity contribution is 5.69. The van der Waals surface area contributed by atoms with Crippen molar-refractivity contribution in [2.75, 3.05) is 0 Å². The molecule has 0 aromatic rings. The SMILES string of the molecule is CC#CCC(C)[C@H](O)C=C[C@@H]1[C@H]2CC(=CCCCC(=O)OC(C)CCCCCC)C[C@H]2C[C@H]1O. The first-order valence-electron chi connectivity index (χ1n) is 13.7. The third kappa shape index (κ3) is 9.59. The number of esters is 1. The Morgan fingerprint density at radius 2 is 2.00 bits per heavy atom. The number of aliphatic hydroxyl groups excluding tert-OH is 2. The number of rotatable bonds is 14. The molecule has 2 aliphatic rings. The van der Waals surface area contributed by atoms with E-state index in [0.29, 0.717) is 24.7 Å². The summed E-state index contributed by atoms with van der Waals surface area (Å²) >= 11 is 0. The van der Waals surface area contributed by atoms with Gasteiger partial charge in [-0.05, 0) is 76.5 Å². The van der Waals surface area contributed by atoms with Gasteiger partial charge < -0.3 is 14.9 Å². The molecular weight excluding hydrogens is 424 g/mol. The molecule has 0 amide bonds. The van der Waals surface area contributed by atoms with Crippen LogP contribution < -0.4 is 0 Å². The van der Waals surface area contributed by atoms with Gasteiger partial charge in [0, 0.05) is 18.8 Å². The number of carbonyl (C=O) groups is 1. The third-order valence-electron chi connectivity index (χ3n) is 7.64. The van der Waals surface area contributed by atoms with E-state index in [-0.39, 0.29) is 30.0 Å². The second-order valence-electron chi connectivity index (χ2n) is 10.6. The number of aliphatic hydroxyl groups is 2. The summed E-state index contributed by atoms with van der Waals surface area (Å²) in [6, 6.07) is 0. The average molecular weight is 473 g/mol. The average Bonchev–Trinajstić information content (AvgIpc) is 3.32. The summed E-state index contributed by atoms with van der Waals surface area (Å²) in [6.45, 7) is 8.03. The molecule has 2 aliphatic carbocycles. The van der Waals surface area contributed by atoms with Gasteiger partial charge in [0.2, 0.25) is 0 Å². The second-order valence-corrected chi connectivity index (χ2v) is 10.6. The molecule has 0 heterocycles. The van der Waals surface area contributed by atoms with Gasteiger partial charge in [-0.25, -0.2) is 0 Å². The molecule has 0 radical (unpaired) electrons. The molecule has 0 bridgehead atoms. The predicted molar refractivity (Wildman–Crippen MR) is 139 cm³/mol. The summed E-state index contributed by atoms with van der Waals surface area (Å²) in [4.78, 5) is 12.1. The van der Waals surface area contributed by atoms with Crippen molar-refractivity contribution >= 4 is 5.97 Å². The van der Waals surface area contributed by atoms with Crippen LogP contribution in [0.15, 0.2) is 23.8 Å². The van der Waals surface area contributed by atoms with Crippen LogP contribution in [0.4, 0.5) is 0 Å². The fourth-order valence-corrected chi connectivity index (χ4v) is 5.51. The molecule has 0 aliphatic heterocycles. The van der Waals surface area contributed by atoms with Crippen LogP contribution in [-0.4, -0.2) is 34.5 Å². The Morgan fingerprint density at radius 1 is 1.21 bits per heavy atom. The summed E-state index contributed by atoms with van der Waals surface area (Å²) in [5, 5.41) is 21.0. The van der Waals surface area contributed by atoms with Crippen molar-refractivity contribution in [3.63, 3.8) is 0 Å². The molecule has 2 saturated carbocycles. The molecule has 2 rings (SSSR count). The smallest absolute Gasteiger partial charge is 0.306 e. The number of fused-ring (bicyclic) bond motifs is 1. The quantitative estimate of drug-likeness (QED) is 0.134. The van der Waals surface area contributed by atoms with Gasteiger partial charge in [0.05, 0.1) is 18.3 Å². The van der Waals surface area contributed by atoms with E-state index in [0.717, 1.165) is 44.9 Å². The van der Waals surface area contributed by atoms with Crippen molar-refractivity contribution < 1.29 is 19.7 Å². The van der Waals surface area contributed by atoms with Crippen LogP contribution in [0.5, 0.6) is 0 Å². The molecule has 2 fully saturated rings. The van der Waals surface area contributed by atoms with Gasteiger partial charge in [0.1, 0.15) is 0 Å². The Morgan fingerprint density at radius 3 is 2.74 bits per heavy atom. The van der Waals surface area contributed by atoms with E-state index in [1.165, 1.54) is 24.8 Å². The minimum Gasteiger partial charge on any atom is -0.463 e. The molecule has 2 unspecified atom stereocenters. The Bertz CT molecular complexity index is 728. The van der Waals surface area contributed by atoms with Gasteiger partial charge in [-0.2, -0.15) is 0 Å². The molecule has 4 heteroatoms. The van der Waals surface area contributed by atoms with Crippen molar-refractivity contribution in [1.29, 1.82) is 0 Å². The Hall–Kier alpha value is -1.57. The van der Waals surface area contributed by atoms with Crippen LogP contribution in [0, 0.1) is 35.5 Å². The molecule has 0 spiro atoms. The zero-order valence-electron chi connectivity index (χ0n) is 22.0. The molecule has 34 heavy (non-hydrogen) atoms. The zero-order chi connectivity index (χ0) is 24.9. The van der Waals surface area contributed by atoms with Crippen molar-refractivity contribution in [2.45, 2.75) is 123 Å². The van der Waals surface area contributed by atoms with Crippen LogP contribution in [0.3, 0.4) is 0 Å². The van der Waals surface area contributed by atoms with E-state index in [2.05, 4.69) is 30.9 Å². The highest BCUT2D eigenvalue weighted by Crippen LogP contribution is 2.50. The standard InChI is InChI=1S/C30H48O4/c1-5-7-9-10-14-23(4)34-30(33)16-12-11-15-24-19-25-21-29(32)26(27(25)20-24)17-18-28(31)22(3)13-8-6-2/h15,17-18,22-23,25-29,31-32H,5,7,9-14,16,19-21H2,1-4H3/t22?,23?,25-,26+,27-,28+,29+/m0/s1. The fourth-order valence-electron chi connectivity index (χ4n) is 5.51. The summed E-state index contributed by atoms with van der Waals surface area (Å²) in [6.07, 6.45) is 17.0. The van der Waals surface area contributed by atoms with Crippen LogP contribution >= 0.6 is 0 Å². The Balaban J connectivity index is 1.72. The number of unbranched alkanes of at least 4 members (excludes halogenated alkanes) is 4. The monoisotopic (exact) mass is 472 g/mol. The van der Waals surface area contributed by atoms with Crippen molar-refractivity contribution in [3.05, 3.63) is 23.8 Å². The maximum Gasteiger partial charge on any atom is 0.306 e. The number of ether oxygens (including phenoxy) is 1. The first-order valence-corrected chi connectivity index (χ1v) is 13.7. The molecule has 0 saturated heterocycles. The molecule has 2 N–H and O–H groups in total. The third-order valence-corrected chi connectivity index (χ3v) is 7.64. The van der Waals surface area contributed by atoms with Crippen LogP contribution in [-0.2, 0) is 9.53 Å². The normalized spacial score (nSPS) is 27.9. The minimum absolute atomic E-state index is 0.0226. The lowest BCUT2D eigenvalue weighted by Crippen LogP contribution is -2.19. The van der Waals surface area contributed by atoms with E-state index in [1.54, 1.807) is 0 Å². The van der Waals surface area contributed by atoms with E-state index in [1.807, 2.05) is 26.8 Å². The van der Waals surface area contributed by atoms with Gasteiger partial charge in [-0.15, -0.1) is 11.8 Å². The Labute approximate surface area is 208 Å². The number of allylic oxidation sites excluding steroid dienone is 2. The summed E-state index contributed by atoms with van der Waals surface area (Å²) in [5.41, 5.74) is 1.46. The van der Waals surface area contributed by atoms with Crippen molar-refractivity contribution in [1.82, 2.24) is 0 Å². The first-order chi connectivity index (χ1) is 16.3. The largest absolute Gasteiger partial charge is 0.463 e. The van der Waals surface area contributed by atoms with Crippen LogP contribution in [0.1, 0.15) is 105 Å². The predicted octanol–water partition coefficient (Wildman–Crippen LogP) is 6.36. The second kappa shape index (κ2) is 15.4. The highest BCUT2D eigenvalue weighted by Gasteiger charge is 2.44. The molecule has 0 aromatic heterocycles. The zero-order valence-corrected chi connectivity index (χ0v) is 22.0. The fraction of sp³-hybridized carbons (Fsp3) is 0.767. The number of carbonyl (C=O) groups excluding carboxylic acids is 1. The lowest BCUT2D eigenvalue weighted by molar-refractivity contribution is -0.148. The number of hydrogen-bond donors (Lipinski definition) is 2. The lowest BCUT2D eigenvalue weighted by Gasteiger charge is -2.19. The van der Waals surface area contributed by atoms with Crippen LogP contribution in [0.2, 0.25) is 0 Å². The van der Waals surface area contributed by atoms with E-state index in [4.69, 9.17) is 4.74 Å². The van der Waals surface area contributed by atoms with E-state index >= 15 is 0 Å². The van der Waals surface area contributed by atoms with Gasteiger partial charge in [0.15, 0.2) is 0 Å². The Kier molecular flexibility index (Phi) is 13.0. The molecule has 7 atom stereocenters. The van der Waals surface area contributed by atoms with Gasteiger partial charge in [0.25, 0.3) is 0 Å². The van der Waals surface area contributed by atoms with Crippen molar-refractivity contribution in [3.8, 4) is 11.8 Å². The molecule has 4 nitrogen and oxygen atoms in total. The molecular formula is C30H48O4. The molecule has 0 aromatic carbocycles. The van der Waals surface area contributed by atoms with Gasteiger partial charge in [-0.3, -0.25) is 4.79 Å². The van der Waals surface area contributed by atoms with Crippen molar-refractivity contribution in [2.24, 2.45) is 23.7 Å².